The molecule has 0 aromatic carbocycles. The van der Waals surface area contributed by atoms with Crippen LogP contribution in [-0.4, -0.2) is 38.3 Å². The highest BCUT2D eigenvalue weighted by molar-refractivity contribution is 7.13. The molecule has 3 aromatic rings. The van der Waals surface area contributed by atoms with Crippen molar-refractivity contribution in [3.8, 4) is 0 Å². The molecule has 0 bridgehead atoms. The molecule has 2 atom stereocenters. The van der Waals surface area contributed by atoms with Crippen molar-refractivity contribution in [3.05, 3.63) is 57.6 Å². The third kappa shape index (κ3) is 3.98. The van der Waals surface area contributed by atoms with Gasteiger partial charge in [-0.3, -0.25) is 24.2 Å². The zero-order valence-electron chi connectivity index (χ0n) is 16.0. The standard InChI is InChI=1S/C20H23N5O2S/c1-13-7-14(2)10-24(9-13)11-15-12-28-20(22-15)23-18(26)16-8-21-17-5-3-4-6-25(17)19(16)27/h3-6,8,12-14H,7,9-11H2,1-2H3,(H,22,23,26)/t13-,14+. The van der Waals surface area contributed by atoms with Gasteiger partial charge in [0.15, 0.2) is 5.13 Å². The molecule has 1 amide bonds. The van der Waals surface area contributed by atoms with E-state index in [0.717, 1.165) is 25.3 Å². The van der Waals surface area contributed by atoms with Gasteiger partial charge in [-0.15, -0.1) is 11.3 Å². The van der Waals surface area contributed by atoms with Crippen molar-refractivity contribution in [2.45, 2.75) is 26.8 Å². The summed E-state index contributed by atoms with van der Waals surface area (Å²) in [5.41, 5.74) is 1.05. The summed E-state index contributed by atoms with van der Waals surface area (Å²) >= 11 is 1.37. The van der Waals surface area contributed by atoms with Gasteiger partial charge in [-0.2, -0.15) is 0 Å². The summed E-state index contributed by atoms with van der Waals surface area (Å²) in [5, 5.41) is 5.19. The van der Waals surface area contributed by atoms with Crippen LogP contribution >= 0.6 is 11.3 Å². The van der Waals surface area contributed by atoms with E-state index in [1.807, 2.05) is 5.38 Å². The molecular formula is C20H23N5O2S. The van der Waals surface area contributed by atoms with Crippen molar-refractivity contribution in [2.75, 3.05) is 18.4 Å². The number of carbonyl (C=O) groups excluding carboxylic acids is 1. The maximum Gasteiger partial charge on any atom is 0.270 e. The molecule has 0 spiro atoms. The number of pyridine rings is 1. The van der Waals surface area contributed by atoms with Gasteiger partial charge < -0.3 is 0 Å². The van der Waals surface area contributed by atoms with Crippen LogP contribution in [0.2, 0.25) is 0 Å². The van der Waals surface area contributed by atoms with Gasteiger partial charge in [0.2, 0.25) is 0 Å². The number of thiazole rings is 1. The Hall–Kier alpha value is -2.58. The van der Waals surface area contributed by atoms with Crippen LogP contribution < -0.4 is 10.9 Å². The van der Waals surface area contributed by atoms with E-state index in [1.54, 1.807) is 24.4 Å². The zero-order chi connectivity index (χ0) is 19.7. The molecule has 0 radical (unpaired) electrons. The molecule has 8 heteroatoms. The summed E-state index contributed by atoms with van der Waals surface area (Å²) in [6.07, 6.45) is 4.19. The molecule has 1 fully saturated rings. The van der Waals surface area contributed by atoms with Crippen molar-refractivity contribution in [2.24, 2.45) is 11.8 Å². The highest BCUT2D eigenvalue weighted by atomic mass is 32.1. The van der Waals surface area contributed by atoms with Crippen LogP contribution in [-0.2, 0) is 6.54 Å². The molecule has 0 aliphatic carbocycles. The van der Waals surface area contributed by atoms with Crippen molar-refractivity contribution in [1.82, 2.24) is 19.3 Å². The van der Waals surface area contributed by atoms with Crippen molar-refractivity contribution >= 4 is 28.0 Å². The first-order valence-corrected chi connectivity index (χ1v) is 10.3. The van der Waals surface area contributed by atoms with Gasteiger partial charge in [-0.1, -0.05) is 19.9 Å². The molecule has 146 valence electrons. The minimum Gasteiger partial charge on any atom is -0.298 e. The third-order valence-corrected chi connectivity index (χ3v) is 5.77. The molecule has 7 nitrogen and oxygen atoms in total. The molecule has 28 heavy (non-hydrogen) atoms. The number of aromatic nitrogens is 3. The van der Waals surface area contributed by atoms with E-state index in [0.29, 0.717) is 22.6 Å². The Morgan fingerprint density at radius 3 is 2.86 bits per heavy atom. The Morgan fingerprint density at radius 2 is 2.07 bits per heavy atom. The number of hydrogen-bond donors (Lipinski definition) is 1. The Kier molecular flexibility index (Phi) is 5.23. The average molecular weight is 398 g/mol. The number of fused-ring (bicyclic) bond motifs is 1. The molecule has 1 saturated heterocycles. The van der Waals surface area contributed by atoms with Crippen LogP contribution in [0.5, 0.6) is 0 Å². The molecule has 0 unspecified atom stereocenters. The van der Waals surface area contributed by atoms with Crippen molar-refractivity contribution < 1.29 is 4.79 Å². The van der Waals surface area contributed by atoms with E-state index in [4.69, 9.17) is 0 Å². The van der Waals surface area contributed by atoms with Gasteiger partial charge >= 0.3 is 0 Å². The second kappa shape index (κ2) is 7.81. The predicted molar refractivity (Wildman–Crippen MR) is 110 cm³/mol. The maximum atomic E-state index is 12.6. The van der Waals surface area contributed by atoms with E-state index in [9.17, 15) is 9.59 Å². The Balaban J connectivity index is 1.46. The summed E-state index contributed by atoms with van der Waals surface area (Å²) in [6, 6.07) is 5.24. The molecule has 0 saturated carbocycles. The fraction of sp³-hybridized carbons (Fsp3) is 0.400. The Bertz CT molecular complexity index is 1050. The summed E-state index contributed by atoms with van der Waals surface area (Å²) in [4.78, 5) is 36.2. The lowest BCUT2D eigenvalue weighted by molar-refractivity contribution is 0.102. The van der Waals surface area contributed by atoms with Gasteiger partial charge in [0.05, 0.1) is 5.69 Å². The maximum absolute atomic E-state index is 12.6. The largest absolute Gasteiger partial charge is 0.298 e. The van der Waals surface area contributed by atoms with Crippen LogP contribution in [0, 0.1) is 11.8 Å². The normalized spacial score (nSPS) is 20.4. The SMILES string of the molecule is C[C@@H]1C[C@H](C)CN(Cc2csc(NC(=O)c3cnc4ccccn4c3=O)n2)C1. The van der Waals surface area contributed by atoms with Gasteiger partial charge in [0.1, 0.15) is 11.2 Å². The van der Waals surface area contributed by atoms with Crippen LogP contribution in [0.1, 0.15) is 36.3 Å². The van der Waals surface area contributed by atoms with Crippen LogP contribution in [0.3, 0.4) is 0 Å². The average Bonchev–Trinajstić information content (AvgIpc) is 3.08. The molecule has 1 N–H and O–H groups in total. The summed E-state index contributed by atoms with van der Waals surface area (Å²) in [7, 11) is 0. The highest BCUT2D eigenvalue weighted by Crippen LogP contribution is 2.24. The third-order valence-electron chi connectivity index (χ3n) is 4.96. The highest BCUT2D eigenvalue weighted by Gasteiger charge is 2.22. The number of amides is 1. The minimum atomic E-state index is -0.489. The van der Waals surface area contributed by atoms with Crippen LogP contribution in [0.25, 0.3) is 5.65 Å². The van der Waals surface area contributed by atoms with Gasteiger partial charge in [-0.05, 0) is 30.4 Å². The Labute approximate surface area is 167 Å². The Morgan fingerprint density at radius 1 is 1.29 bits per heavy atom. The van der Waals surface area contributed by atoms with Crippen LogP contribution in [0.15, 0.2) is 40.8 Å². The number of piperidine rings is 1. The van der Waals surface area contributed by atoms with Gasteiger partial charge in [0.25, 0.3) is 11.5 Å². The van der Waals surface area contributed by atoms with Gasteiger partial charge in [0, 0.05) is 37.4 Å². The van der Waals surface area contributed by atoms with Gasteiger partial charge in [-0.25, -0.2) is 9.97 Å². The van der Waals surface area contributed by atoms with E-state index < -0.39 is 11.5 Å². The summed E-state index contributed by atoms with van der Waals surface area (Å²) in [6.45, 7) is 7.49. The molecule has 1 aliphatic heterocycles. The first-order valence-electron chi connectivity index (χ1n) is 9.44. The molecule has 1 aliphatic rings. The van der Waals surface area contributed by atoms with Crippen molar-refractivity contribution in [1.29, 1.82) is 0 Å². The fourth-order valence-electron chi connectivity index (χ4n) is 3.93. The second-order valence-corrected chi connectivity index (χ2v) is 8.50. The molecule has 4 rings (SSSR count). The first kappa shape index (κ1) is 18.8. The molecule has 4 heterocycles. The summed E-state index contributed by atoms with van der Waals surface area (Å²) in [5.74, 6) is 0.891. The number of nitrogens with zero attached hydrogens (tertiary/aromatic N) is 4. The topological polar surface area (TPSA) is 79.6 Å². The second-order valence-electron chi connectivity index (χ2n) is 7.64. The van der Waals surface area contributed by atoms with E-state index in [-0.39, 0.29) is 5.56 Å². The van der Waals surface area contributed by atoms with E-state index in [2.05, 4.69) is 34.0 Å². The number of nitrogens with one attached hydrogen (secondary N) is 1. The number of likely N-dealkylation sites (tertiary alicyclic amines) is 1. The number of carbonyl (C=O) groups is 1. The zero-order valence-corrected chi connectivity index (χ0v) is 16.8. The first-order chi connectivity index (χ1) is 13.5. The smallest absolute Gasteiger partial charge is 0.270 e. The number of anilines is 1. The monoisotopic (exact) mass is 397 g/mol. The lowest BCUT2D eigenvalue weighted by Crippen LogP contribution is -2.38. The fourth-order valence-corrected chi connectivity index (χ4v) is 4.63. The minimum absolute atomic E-state index is 0.000805. The molecular weight excluding hydrogens is 374 g/mol. The lowest BCUT2D eigenvalue weighted by atomic mass is 9.92. The predicted octanol–water partition coefficient (Wildman–Crippen LogP) is 2.88. The molecule has 3 aromatic heterocycles. The van der Waals surface area contributed by atoms with E-state index >= 15 is 0 Å². The lowest BCUT2D eigenvalue weighted by Gasteiger charge is -2.34. The number of rotatable bonds is 4. The van der Waals surface area contributed by atoms with Crippen LogP contribution in [0.4, 0.5) is 5.13 Å². The quantitative estimate of drug-likeness (QED) is 0.732. The number of hydrogen-bond acceptors (Lipinski definition) is 6. The summed E-state index contributed by atoms with van der Waals surface area (Å²) < 4.78 is 1.36. The van der Waals surface area contributed by atoms with E-state index in [1.165, 1.54) is 28.4 Å². The van der Waals surface area contributed by atoms with Crippen molar-refractivity contribution in [3.63, 3.8) is 0 Å².